The first-order valence-electron chi connectivity index (χ1n) is 10.8. The summed E-state index contributed by atoms with van der Waals surface area (Å²) >= 11 is 0. The van der Waals surface area contributed by atoms with E-state index >= 15 is 0 Å². The van der Waals surface area contributed by atoms with Gasteiger partial charge in [-0.1, -0.05) is 30.3 Å². The van der Waals surface area contributed by atoms with Crippen LogP contribution in [0.15, 0.2) is 53.4 Å². The number of nitrogens with one attached hydrogen (secondary N) is 1. The summed E-state index contributed by atoms with van der Waals surface area (Å²) in [6.07, 6.45) is 0.805. The molecule has 33 heavy (non-hydrogen) atoms. The van der Waals surface area contributed by atoms with Crippen LogP contribution in [0, 0.1) is 5.92 Å². The number of carbonyl (C=O) groups excluding carboxylic acids is 1. The maximum absolute atomic E-state index is 13.1. The third-order valence-corrected chi connectivity index (χ3v) is 7.77. The Bertz CT molecular complexity index is 1110. The molecule has 10 heteroatoms. The number of fused-ring (bicyclic) bond motifs is 1. The van der Waals surface area contributed by atoms with Crippen molar-refractivity contribution in [3.8, 4) is 11.5 Å². The molecule has 0 bridgehead atoms. The second-order valence-corrected chi connectivity index (χ2v) is 10.0. The summed E-state index contributed by atoms with van der Waals surface area (Å²) in [6.45, 7) is 1.12. The van der Waals surface area contributed by atoms with Gasteiger partial charge in [-0.2, -0.15) is 4.31 Å². The van der Waals surface area contributed by atoms with E-state index in [4.69, 9.17) is 9.47 Å². The first-order chi connectivity index (χ1) is 15.8. The van der Waals surface area contributed by atoms with Gasteiger partial charge in [0.15, 0.2) is 11.5 Å². The van der Waals surface area contributed by atoms with Crippen LogP contribution in [-0.2, 0) is 26.0 Å². The van der Waals surface area contributed by atoms with Crippen molar-refractivity contribution in [1.82, 2.24) is 9.62 Å². The van der Waals surface area contributed by atoms with Crippen molar-refractivity contribution in [2.75, 3.05) is 26.3 Å². The predicted molar refractivity (Wildman–Crippen MR) is 119 cm³/mol. The molecule has 1 saturated heterocycles. The lowest BCUT2D eigenvalue weighted by Crippen LogP contribution is -2.48. The molecular weight excluding hydrogens is 448 g/mol. The van der Waals surface area contributed by atoms with Crippen LogP contribution in [0.4, 0.5) is 0 Å². The lowest BCUT2D eigenvalue weighted by molar-refractivity contribution is -0.142. The van der Waals surface area contributed by atoms with Crippen molar-refractivity contribution in [2.45, 2.75) is 30.2 Å². The van der Waals surface area contributed by atoms with Gasteiger partial charge in [0, 0.05) is 31.5 Å². The molecule has 2 aromatic carbocycles. The molecule has 1 fully saturated rings. The number of hydrogen-bond acceptors (Lipinski definition) is 6. The normalized spacial score (nSPS) is 17.8. The van der Waals surface area contributed by atoms with Gasteiger partial charge in [0.2, 0.25) is 15.9 Å². The van der Waals surface area contributed by atoms with Gasteiger partial charge >= 0.3 is 5.97 Å². The molecule has 2 aromatic rings. The molecule has 2 N–H and O–H groups in total. The van der Waals surface area contributed by atoms with Crippen LogP contribution in [0.1, 0.15) is 18.4 Å². The summed E-state index contributed by atoms with van der Waals surface area (Å²) < 4.78 is 38.4. The fourth-order valence-electron chi connectivity index (χ4n) is 4.03. The Hall–Kier alpha value is -3.11. The number of carboxylic acid groups (broad SMARTS) is 1. The Morgan fingerprint density at radius 1 is 1.03 bits per heavy atom. The monoisotopic (exact) mass is 474 g/mol. The van der Waals surface area contributed by atoms with Crippen LogP contribution >= 0.6 is 0 Å². The van der Waals surface area contributed by atoms with E-state index in [1.54, 1.807) is 6.07 Å². The predicted octanol–water partition coefficient (Wildman–Crippen LogP) is 1.67. The third-order valence-electron chi connectivity index (χ3n) is 5.87. The van der Waals surface area contributed by atoms with Crippen LogP contribution in [-0.4, -0.2) is 62.1 Å². The molecule has 2 aliphatic rings. The van der Waals surface area contributed by atoms with Gasteiger partial charge < -0.3 is 19.9 Å². The van der Waals surface area contributed by atoms with E-state index in [1.165, 1.54) is 16.4 Å². The molecule has 0 aliphatic carbocycles. The summed E-state index contributed by atoms with van der Waals surface area (Å²) in [5, 5.41) is 12.1. The molecule has 0 saturated carbocycles. The van der Waals surface area contributed by atoms with Gasteiger partial charge in [0.25, 0.3) is 0 Å². The van der Waals surface area contributed by atoms with Crippen LogP contribution in [0.5, 0.6) is 11.5 Å². The maximum atomic E-state index is 13.1. The molecule has 1 unspecified atom stereocenters. The fraction of sp³-hybridized carbons (Fsp3) is 0.391. The molecule has 9 nitrogen and oxygen atoms in total. The van der Waals surface area contributed by atoms with Crippen LogP contribution < -0.4 is 14.8 Å². The number of aliphatic carboxylic acids is 1. The molecule has 1 atom stereocenters. The van der Waals surface area contributed by atoms with Crippen molar-refractivity contribution in [3.63, 3.8) is 0 Å². The van der Waals surface area contributed by atoms with Crippen molar-refractivity contribution in [1.29, 1.82) is 0 Å². The first-order valence-corrected chi connectivity index (χ1v) is 12.3. The second-order valence-electron chi connectivity index (χ2n) is 8.07. The molecule has 2 heterocycles. The minimum Gasteiger partial charge on any atom is -0.486 e. The maximum Gasteiger partial charge on any atom is 0.326 e. The zero-order chi connectivity index (χ0) is 23.4. The van der Waals surface area contributed by atoms with Gasteiger partial charge in [-0.15, -0.1) is 0 Å². The molecular formula is C23H26N2O7S. The Morgan fingerprint density at radius 3 is 2.36 bits per heavy atom. The van der Waals surface area contributed by atoms with E-state index in [2.05, 4.69) is 5.32 Å². The lowest BCUT2D eigenvalue weighted by atomic mass is 9.96. The Balaban J connectivity index is 1.36. The van der Waals surface area contributed by atoms with Crippen molar-refractivity contribution >= 4 is 21.9 Å². The quantitative estimate of drug-likeness (QED) is 0.626. The van der Waals surface area contributed by atoms with Gasteiger partial charge in [-0.3, -0.25) is 4.79 Å². The zero-order valence-corrected chi connectivity index (χ0v) is 18.8. The smallest absolute Gasteiger partial charge is 0.326 e. The third kappa shape index (κ3) is 5.28. The van der Waals surface area contributed by atoms with E-state index in [1.807, 2.05) is 30.3 Å². The number of carboxylic acids is 1. The summed E-state index contributed by atoms with van der Waals surface area (Å²) in [6, 6.07) is 12.6. The average molecular weight is 475 g/mol. The summed E-state index contributed by atoms with van der Waals surface area (Å²) in [4.78, 5) is 24.5. The molecule has 1 amide bonds. The number of carbonyl (C=O) groups is 2. The first kappa shape index (κ1) is 23.1. The largest absolute Gasteiger partial charge is 0.486 e. The number of amides is 1. The fourth-order valence-corrected chi connectivity index (χ4v) is 5.52. The van der Waals surface area contributed by atoms with Crippen LogP contribution in [0.25, 0.3) is 0 Å². The number of rotatable bonds is 7. The number of benzene rings is 2. The van der Waals surface area contributed by atoms with Crippen molar-refractivity contribution in [3.05, 3.63) is 54.1 Å². The standard InChI is InChI=1S/C23H26N2O7S/c26-22(24-19(23(27)28)14-16-4-2-1-3-5-16)17-8-10-25(11-9-17)33(29,30)18-6-7-20-21(15-18)32-13-12-31-20/h1-7,15,17,19H,8-14H2,(H,24,26)(H,27,28). The highest BCUT2D eigenvalue weighted by Gasteiger charge is 2.34. The zero-order valence-electron chi connectivity index (χ0n) is 18.0. The number of ether oxygens (including phenoxy) is 2. The van der Waals surface area contributed by atoms with E-state index in [-0.39, 0.29) is 30.3 Å². The number of nitrogens with zero attached hydrogens (tertiary/aromatic N) is 1. The molecule has 0 radical (unpaired) electrons. The second kappa shape index (κ2) is 9.80. The molecule has 4 rings (SSSR count). The van der Waals surface area contributed by atoms with E-state index in [0.29, 0.717) is 37.6 Å². The molecule has 0 aromatic heterocycles. The number of sulfonamides is 1. The Morgan fingerprint density at radius 2 is 1.70 bits per heavy atom. The minimum atomic E-state index is -3.75. The van der Waals surface area contributed by atoms with Gasteiger partial charge in [-0.25, -0.2) is 13.2 Å². The Kier molecular flexibility index (Phi) is 6.85. The number of piperidine rings is 1. The average Bonchev–Trinajstić information content (AvgIpc) is 2.84. The Labute approximate surface area is 192 Å². The van der Waals surface area contributed by atoms with Gasteiger partial charge in [0.1, 0.15) is 19.3 Å². The highest BCUT2D eigenvalue weighted by atomic mass is 32.2. The molecule has 2 aliphatic heterocycles. The lowest BCUT2D eigenvalue weighted by Gasteiger charge is -2.31. The molecule has 0 spiro atoms. The van der Waals surface area contributed by atoms with E-state index in [9.17, 15) is 23.1 Å². The summed E-state index contributed by atoms with van der Waals surface area (Å²) in [5.74, 6) is -1.01. The van der Waals surface area contributed by atoms with E-state index < -0.39 is 28.0 Å². The summed E-state index contributed by atoms with van der Waals surface area (Å²) in [7, 11) is -3.75. The highest BCUT2D eigenvalue weighted by molar-refractivity contribution is 7.89. The van der Waals surface area contributed by atoms with Crippen molar-refractivity contribution in [2.24, 2.45) is 5.92 Å². The van der Waals surface area contributed by atoms with E-state index in [0.717, 1.165) is 5.56 Å². The van der Waals surface area contributed by atoms with Gasteiger partial charge in [0.05, 0.1) is 4.90 Å². The summed E-state index contributed by atoms with van der Waals surface area (Å²) in [5.41, 5.74) is 0.811. The highest BCUT2D eigenvalue weighted by Crippen LogP contribution is 2.34. The SMILES string of the molecule is O=C(NC(Cc1ccccc1)C(=O)O)C1CCN(S(=O)(=O)c2ccc3c(c2)OCCO3)CC1. The molecule has 176 valence electrons. The number of hydrogen-bond donors (Lipinski definition) is 2. The van der Waals surface area contributed by atoms with Crippen LogP contribution in [0.2, 0.25) is 0 Å². The van der Waals surface area contributed by atoms with Crippen LogP contribution in [0.3, 0.4) is 0 Å². The minimum absolute atomic E-state index is 0.114. The topological polar surface area (TPSA) is 122 Å². The van der Waals surface area contributed by atoms with Crippen molar-refractivity contribution < 1.29 is 32.6 Å². The van der Waals surface area contributed by atoms with Gasteiger partial charge in [-0.05, 0) is 30.5 Å².